The molecular formula is C18H21N3O4. The summed E-state index contributed by atoms with van der Waals surface area (Å²) in [5.41, 5.74) is 1.31. The van der Waals surface area contributed by atoms with Gasteiger partial charge in [-0.1, -0.05) is 12.1 Å². The van der Waals surface area contributed by atoms with Gasteiger partial charge in [-0.25, -0.2) is 0 Å². The van der Waals surface area contributed by atoms with Gasteiger partial charge in [-0.2, -0.15) is 4.74 Å². The first kappa shape index (κ1) is 16.1. The average Bonchev–Trinajstić information content (AvgIpc) is 2.93. The molecule has 3 heterocycles. The van der Waals surface area contributed by atoms with Gasteiger partial charge in [-0.3, -0.25) is 19.7 Å². The topological polar surface area (TPSA) is 84.5 Å². The number of carbonyl (C=O) groups excluding carboxylic acids is 2. The van der Waals surface area contributed by atoms with E-state index >= 15 is 0 Å². The monoisotopic (exact) mass is 343 g/mol. The van der Waals surface area contributed by atoms with Crippen molar-refractivity contribution in [2.75, 3.05) is 20.1 Å². The molecule has 2 amide bonds. The lowest BCUT2D eigenvalue weighted by Gasteiger charge is -2.29. The molecule has 132 valence electrons. The van der Waals surface area contributed by atoms with E-state index in [-0.39, 0.29) is 24.3 Å². The highest BCUT2D eigenvalue weighted by atomic mass is 16.5. The van der Waals surface area contributed by atoms with Gasteiger partial charge in [0.25, 0.3) is 11.5 Å². The Hall–Kier alpha value is -2.41. The van der Waals surface area contributed by atoms with Crippen LogP contribution in [0.2, 0.25) is 0 Å². The minimum absolute atomic E-state index is 0.210. The van der Waals surface area contributed by atoms with E-state index in [4.69, 9.17) is 4.52 Å². The van der Waals surface area contributed by atoms with Crippen molar-refractivity contribution in [1.29, 1.82) is 0 Å². The first-order chi connectivity index (χ1) is 12.0. The van der Waals surface area contributed by atoms with Crippen LogP contribution in [0, 0.1) is 0 Å². The van der Waals surface area contributed by atoms with Crippen molar-refractivity contribution >= 4 is 22.8 Å². The number of likely N-dealkylation sites (tertiary alicyclic amines) is 1. The van der Waals surface area contributed by atoms with Crippen LogP contribution < -0.4 is 10.9 Å². The number of imide groups is 1. The molecule has 1 aromatic heterocycles. The minimum atomic E-state index is -0.761. The predicted molar refractivity (Wildman–Crippen MR) is 91.4 cm³/mol. The summed E-state index contributed by atoms with van der Waals surface area (Å²) in [5, 5.41) is 2.78. The fourth-order valence-corrected chi connectivity index (χ4v) is 3.84. The molecule has 25 heavy (non-hydrogen) atoms. The first-order valence-electron chi connectivity index (χ1n) is 8.71. The molecule has 0 radical (unpaired) electrons. The number of benzene rings is 1. The maximum Gasteiger partial charge on any atom is 0.291 e. The number of nitrogens with zero attached hydrogens (tertiary/aromatic N) is 2. The van der Waals surface area contributed by atoms with E-state index in [0.717, 1.165) is 36.2 Å². The Morgan fingerprint density at radius 3 is 2.60 bits per heavy atom. The molecule has 1 aromatic carbocycles. The van der Waals surface area contributed by atoms with Gasteiger partial charge in [-0.15, -0.1) is 0 Å². The summed E-state index contributed by atoms with van der Waals surface area (Å²) >= 11 is 0. The molecular weight excluding hydrogens is 322 g/mol. The van der Waals surface area contributed by atoms with Gasteiger partial charge in [0.1, 0.15) is 6.04 Å². The van der Waals surface area contributed by atoms with Gasteiger partial charge >= 0.3 is 0 Å². The molecule has 1 atom stereocenters. The van der Waals surface area contributed by atoms with Crippen LogP contribution in [-0.4, -0.2) is 41.6 Å². The van der Waals surface area contributed by atoms with Crippen LogP contribution in [0.5, 0.6) is 0 Å². The Morgan fingerprint density at radius 1 is 1.12 bits per heavy atom. The molecule has 0 spiro atoms. The second-order valence-corrected chi connectivity index (χ2v) is 6.99. The van der Waals surface area contributed by atoms with Crippen LogP contribution in [0.25, 0.3) is 11.0 Å². The summed E-state index contributed by atoms with van der Waals surface area (Å²) in [6.45, 7) is 2.03. The minimum Gasteiger partial charge on any atom is -0.375 e. The van der Waals surface area contributed by atoms with Crippen LogP contribution in [0.4, 0.5) is 0 Å². The van der Waals surface area contributed by atoms with E-state index in [1.165, 1.54) is 0 Å². The molecule has 4 rings (SSSR count). The summed E-state index contributed by atoms with van der Waals surface area (Å²) in [6, 6.07) is 4.86. The predicted octanol–water partition coefficient (Wildman–Crippen LogP) is 1.38. The van der Waals surface area contributed by atoms with E-state index < -0.39 is 11.9 Å². The quantitative estimate of drug-likeness (QED) is 0.833. The highest BCUT2D eigenvalue weighted by Crippen LogP contribution is 2.33. The number of rotatable bonds is 2. The highest BCUT2D eigenvalue weighted by molar-refractivity contribution is 5.99. The third-order valence-electron chi connectivity index (χ3n) is 5.32. The number of para-hydroxylation sites is 1. The Balaban J connectivity index is 1.75. The van der Waals surface area contributed by atoms with Crippen LogP contribution in [0.3, 0.4) is 0 Å². The van der Waals surface area contributed by atoms with Crippen molar-refractivity contribution in [3.63, 3.8) is 0 Å². The lowest BCUT2D eigenvalue weighted by Crippen LogP contribution is -2.43. The van der Waals surface area contributed by atoms with Crippen LogP contribution >= 0.6 is 0 Å². The van der Waals surface area contributed by atoms with Crippen molar-refractivity contribution < 1.29 is 14.1 Å². The second-order valence-electron chi connectivity index (χ2n) is 6.99. The number of hydrogen-bond donors (Lipinski definition) is 1. The number of fused-ring (bicyclic) bond motifs is 1. The Labute approximate surface area is 144 Å². The zero-order valence-corrected chi connectivity index (χ0v) is 14.2. The largest absolute Gasteiger partial charge is 0.375 e. The smallest absolute Gasteiger partial charge is 0.291 e. The van der Waals surface area contributed by atoms with Crippen LogP contribution in [0.1, 0.15) is 43.2 Å². The summed E-state index contributed by atoms with van der Waals surface area (Å²) < 4.78 is 7.02. The molecule has 2 aliphatic heterocycles. The number of carbonyl (C=O) groups is 2. The summed E-state index contributed by atoms with van der Waals surface area (Å²) in [6.07, 6.45) is 2.53. The first-order valence-corrected chi connectivity index (χ1v) is 8.71. The normalized spacial score (nSPS) is 23.2. The maximum absolute atomic E-state index is 12.7. The Kier molecular flexibility index (Phi) is 3.95. The molecule has 2 aromatic rings. The SMILES string of the molecule is CN1CCC(c2cccc3c(=O)n(C4CCC(=O)NC4=O)oc23)CC1. The molecule has 7 nitrogen and oxygen atoms in total. The van der Waals surface area contributed by atoms with Gasteiger partial charge in [0.2, 0.25) is 5.91 Å². The fraction of sp³-hybridized carbons (Fsp3) is 0.500. The molecule has 2 aliphatic rings. The van der Waals surface area contributed by atoms with Crippen molar-refractivity contribution in [1.82, 2.24) is 15.0 Å². The molecule has 1 N–H and O–H groups in total. The highest BCUT2D eigenvalue weighted by Gasteiger charge is 2.32. The van der Waals surface area contributed by atoms with Crippen LogP contribution in [-0.2, 0) is 9.59 Å². The molecule has 1 unspecified atom stereocenters. The van der Waals surface area contributed by atoms with Gasteiger partial charge in [-0.05, 0) is 51.4 Å². The van der Waals surface area contributed by atoms with Gasteiger partial charge in [0.05, 0.1) is 5.39 Å². The van der Waals surface area contributed by atoms with E-state index in [1.807, 2.05) is 12.1 Å². The zero-order chi connectivity index (χ0) is 17.6. The van der Waals surface area contributed by atoms with E-state index in [2.05, 4.69) is 17.3 Å². The summed E-state index contributed by atoms with van der Waals surface area (Å²) in [7, 11) is 2.11. The van der Waals surface area contributed by atoms with E-state index in [0.29, 0.717) is 16.9 Å². The summed E-state index contributed by atoms with van der Waals surface area (Å²) in [4.78, 5) is 38.5. The zero-order valence-electron chi connectivity index (χ0n) is 14.2. The Morgan fingerprint density at radius 2 is 1.88 bits per heavy atom. The van der Waals surface area contributed by atoms with Gasteiger partial charge in [0.15, 0.2) is 5.58 Å². The molecule has 0 bridgehead atoms. The van der Waals surface area contributed by atoms with Crippen molar-refractivity contribution in [2.45, 2.75) is 37.6 Å². The number of aromatic nitrogens is 1. The third-order valence-corrected chi connectivity index (χ3v) is 5.32. The molecule has 2 fully saturated rings. The molecule has 2 saturated heterocycles. The molecule has 7 heteroatoms. The lowest BCUT2D eigenvalue weighted by molar-refractivity contribution is -0.137. The maximum atomic E-state index is 12.7. The van der Waals surface area contributed by atoms with E-state index in [9.17, 15) is 14.4 Å². The van der Waals surface area contributed by atoms with Gasteiger partial charge < -0.3 is 9.42 Å². The summed E-state index contributed by atoms with van der Waals surface area (Å²) in [5.74, 6) is -0.434. The van der Waals surface area contributed by atoms with Crippen molar-refractivity contribution in [2.24, 2.45) is 0 Å². The number of amides is 2. The standard InChI is InChI=1S/C18H21N3O4/c1-20-9-7-11(8-10-20)12-3-2-4-13-16(12)25-21(18(13)24)14-5-6-15(22)19-17(14)23/h2-4,11,14H,5-10H2,1H3,(H,19,22,23). The number of piperidine rings is 2. The third kappa shape index (κ3) is 2.78. The average molecular weight is 343 g/mol. The Bertz CT molecular complexity index is 889. The molecule has 0 aliphatic carbocycles. The molecule has 0 saturated carbocycles. The lowest BCUT2D eigenvalue weighted by atomic mass is 9.89. The van der Waals surface area contributed by atoms with Crippen LogP contribution in [0.15, 0.2) is 27.5 Å². The fourth-order valence-electron chi connectivity index (χ4n) is 3.84. The van der Waals surface area contributed by atoms with Gasteiger partial charge in [0, 0.05) is 12.0 Å². The van der Waals surface area contributed by atoms with Crippen molar-refractivity contribution in [3.05, 3.63) is 34.1 Å². The number of nitrogens with one attached hydrogen (secondary N) is 1. The van der Waals surface area contributed by atoms with E-state index in [1.54, 1.807) is 6.07 Å². The number of hydrogen-bond acceptors (Lipinski definition) is 5. The van der Waals surface area contributed by atoms with Crippen molar-refractivity contribution in [3.8, 4) is 0 Å². The second kappa shape index (κ2) is 6.15.